The first-order valence-corrected chi connectivity index (χ1v) is 5.55. The van der Waals surface area contributed by atoms with E-state index in [4.69, 9.17) is 10.5 Å². The Morgan fingerprint density at radius 2 is 2.21 bits per heavy atom. The van der Waals surface area contributed by atoms with Gasteiger partial charge in [0.1, 0.15) is 5.75 Å². The third-order valence-electron chi connectivity index (χ3n) is 2.95. The molecule has 1 aromatic rings. The summed E-state index contributed by atoms with van der Waals surface area (Å²) in [6, 6.07) is 4.14. The fourth-order valence-electron chi connectivity index (χ4n) is 2.11. The number of fused-ring (bicyclic) bond motifs is 1. The van der Waals surface area contributed by atoms with E-state index in [1.54, 1.807) is 7.11 Å². The van der Waals surface area contributed by atoms with Crippen LogP contribution in [0.5, 0.6) is 5.75 Å². The van der Waals surface area contributed by atoms with Crippen molar-refractivity contribution in [2.24, 2.45) is 11.7 Å². The molecule has 1 aliphatic rings. The summed E-state index contributed by atoms with van der Waals surface area (Å²) in [5.41, 5.74) is 8.61. The molecule has 0 saturated heterocycles. The van der Waals surface area contributed by atoms with E-state index in [2.05, 4.69) is 22.9 Å². The first-order valence-electron chi connectivity index (χ1n) is 4.76. The SMILES string of the molecule is COc1ccc(Br)c2c1CC(C)C2N. The van der Waals surface area contributed by atoms with Crippen molar-refractivity contribution in [3.8, 4) is 5.75 Å². The van der Waals surface area contributed by atoms with Gasteiger partial charge >= 0.3 is 0 Å². The molecule has 3 heteroatoms. The van der Waals surface area contributed by atoms with Crippen LogP contribution >= 0.6 is 15.9 Å². The molecule has 2 nitrogen and oxygen atoms in total. The van der Waals surface area contributed by atoms with Gasteiger partial charge in [-0.25, -0.2) is 0 Å². The van der Waals surface area contributed by atoms with Gasteiger partial charge in [0, 0.05) is 16.1 Å². The second-order valence-corrected chi connectivity index (χ2v) is 4.70. The minimum Gasteiger partial charge on any atom is -0.496 e. The van der Waals surface area contributed by atoms with Gasteiger partial charge in [0.2, 0.25) is 0 Å². The Hall–Kier alpha value is -0.540. The summed E-state index contributed by atoms with van der Waals surface area (Å²) in [5.74, 6) is 1.46. The monoisotopic (exact) mass is 255 g/mol. The van der Waals surface area contributed by atoms with Crippen LogP contribution in [0.4, 0.5) is 0 Å². The zero-order valence-corrected chi connectivity index (χ0v) is 9.97. The lowest BCUT2D eigenvalue weighted by molar-refractivity contribution is 0.408. The average Bonchev–Trinajstić information content (AvgIpc) is 2.45. The largest absolute Gasteiger partial charge is 0.496 e. The maximum Gasteiger partial charge on any atom is 0.122 e. The number of methoxy groups -OCH3 is 1. The van der Waals surface area contributed by atoms with Crippen molar-refractivity contribution in [3.63, 3.8) is 0 Å². The second kappa shape index (κ2) is 3.55. The van der Waals surface area contributed by atoms with Crippen molar-refractivity contribution in [2.45, 2.75) is 19.4 Å². The molecule has 1 aromatic carbocycles. The van der Waals surface area contributed by atoms with Gasteiger partial charge in [0.25, 0.3) is 0 Å². The van der Waals surface area contributed by atoms with Gasteiger partial charge in [-0.1, -0.05) is 22.9 Å². The fourth-order valence-corrected chi connectivity index (χ4v) is 2.75. The molecule has 2 unspecified atom stereocenters. The standard InChI is InChI=1S/C11H14BrNO/c1-6-5-7-9(14-2)4-3-8(12)10(7)11(6)13/h3-4,6,11H,5,13H2,1-2H3. The smallest absolute Gasteiger partial charge is 0.122 e. The Morgan fingerprint density at radius 1 is 1.50 bits per heavy atom. The highest BCUT2D eigenvalue weighted by Crippen LogP contribution is 2.42. The molecule has 14 heavy (non-hydrogen) atoms. The summed E-state index contributed by atoms with van der Waals surface area (Å²) in [6.45, 7) is 2.18. The van der Waals surface area contributed by atoms with E-state index in [0.717, 1.165) is 16.6 Å². The number of benzene rings is 1. The third kappa shape index (κ3) is 1.35. The Morgan fingerprint density at radius 3 is 2.86 bits per heavy atom. The number of hydrogen-bond acceptors (Lipinski definition) is 2. The van der Waals surface area contributed by atoms with Gasteiger partial charge in [0.15, 0.2) is 0 Å². The Bertz CT molecular complexity index is 365. The summed E-state index contributed by atoms with van der Waals surface area (Å²) in [4.78, 5) is 0. The first kappa shape index (κ1) is 9.99. The lowest BCUT2D eigenvalue weighted by atomic mass is 10.0. The molecule has 2 atom stereocenters. The van der Waals surface area contributed by atoms with Crippen LogP contribution in [0, 0.1) is 5.92 Å². The third-order valence-corrected chi connectivity index (χ3v) is 3.64. The number of rotatable bonds is 1. The van der Waals surface area contributed by atoms with Crippen molar-refractivity contribution < 1.29 is 4.74 Å². The zero-order valence-electron chi connectivity index (χ0n) is 8.38. The number of ether oxygens (including phenoxy) is 1. The van der Waals surface area contributed by atoms with E-state index in [1.807, 2.05) is 12.1 Å². The van der Waals surface area contributed by atoms with E-state index in [1.165, 1.54) is 11.1 Å². The molecule has 0 aromatic heterocycles. The molecule has 76 valence electrons. The van der Waals surface area contributed by atoms with Gasteiger partial charge < -0.3 is 10.5 Å². The topological polar surface area (TPSA) is 35.2 Å². The van der Waals surface area contributed by atoms with Crippen molar-refractivity contribution in [1.82, 2.24) is 0 Å². The maximum absolute atomic E-state index is 6.13. The molecule has 0 spiro atoms. The minimum atomic E-state index is 0.134. The highest BCUT2D eigenvalue weighted by atomic mass is 79.9. The highest BCUT2D eigenvalue weighted by Gasteiger charge is 2.30. The molecule has 2 rings (SSSR count). The van der Waals surface area contributed by atoms with Crippen LogP contribution in [-0.4, -0.2) is 7.11 Å². The number of hydrogen-bond donors (Lipinski definition) is 1. The van der Waals surface area contributed by atoms with Crippen LogP contribution in [0.15, 0.2) is 16.6 Å². The number of halogens is 1. The molecular weight excluding hydrogens is 242 g/mol. The van der Waals surface area contributed by atoms with E-state index in [0.29, 0.717) is 5.92 Å². The van der Waals surface area contributed by atoms with Crippen LogP contribution in [0.1, 0.15) is 24.1 Å². The van der Waals surface area contributed by atoms with E-state index >= 15 is 0 Å². The molecule has 2 N–H and O–H groups in total. The van der Waals surface area contributed by atoms with Gasteiger partial charge in [0.05, 0.1) is 7.11 Å². The van der Waals surface area contributed by atoms with Gasteiger partial charge in [-0.2, -0.15) is 0 Å². The average molecular weight is 256 g/mol. The maximum atomic E-state index is 6.13. The van der Waals surface area contributed by atoms with E-state index < -0.39 is 0 Å². The Kier molecular flexibility index (Phi) is 2.54. The lowest BCUT2D eigenvalue weighted by Crippen LogP contribution is -2.14. The molecule has 0 heterocycles. The fraction of sp³-hybridized carbons (Fsp3) is 0.455. The first-order chi connectivity index (χ1) is 6.65. The van der Waals surface area contributed by atoms with Crippen LogP contribution in [0.25, 0.3) is 0 Å². The van der Waals surface area contributed by atoms with Crippen molar-refractivity contribution in [3.05, 3.63) is 27.7 Å². The molecule has 0 amide bonds. The van der Waals surface area contributed by atoms with Crippen LogP contribution in [-0.2, 0) is 6.42 Å². The van der Waals surface area contributed by atoms with Crippen LogP contribution < -0.4 is 10.5 Å². The Balaban J connectivity index is 2.58. The van der Waals surface area contributed by atoms with Gasteiger partial charge in [-0.15, -0.1) is 0 Å². The Labute approximate surface area is 92.6 Å². The normalized spacial score (nSPS) is 24.9. The highest BCUT2D eigenvalue weighted by molar-refractivity contribution is 9.10. The second-order valence-electron chi connectivity index (χ2n) is 3.85. The van der Waals surface area contributed by atoms with Gasteiger partial charge in [-0.3, -0.25) is 0 Å². The number of nitrogens with two attached hydrogens (primary N) is 1. The summed E-state index contributed by atoms with van der Waals surface area (Å²) in [7, 11) is 1.71. The molecule has 0 saturated carbocycles. The van der Waals surface area contributed by atoms with E-state index in [-0.39, 0.29) is 6.04 Å². The summed E-state index contributed by atoms with van der Waals surface area (Å²) < 4.78 is 6.43. The molecular formula is C11H14BrNO. The quantitative estimate of drug-likeness (QED) is 0.838. The predicted molar refractivity (Wildman–Crippen MR) is 60.5 cm³/mol. The van der Waals surface area contributed by atoms with Crippen molar-refractivity contribution >= 4 is 15.9 Å². The summed E-state index contributed by atoms with van der Waals surface area (Å²) in [5, 5.41) is 0. The molecule has 0 bridgehead atoms. The van der Waals surface area contributed by atoms with Crippen molar-refractivity contribution in [2.75, 3.05) is 7.11 Å². The van der Waals surface area contributed by atoms with Crippen LogP contribution in [0.2, 0.25) is 0 Å². The van der Waals surface area contributed by atoms with E-state index in [9.17, 15) is 0 Å². The molecule has 0 aliphatic heterocycles. The zero-order chi connectivity index (χ0) is 10.3. The minimum absolute atomic E-state index is 0.134. The summed E-state index contributed by atoms with van der Waals surface area (Å²) >= 11 is 3.54. The summed E-state index contributed by atoms with van der Waals surface area (Å²) in [6.07, 6.45) is 1.01. The van der Waals surface area contributed by atoms with Crippen LogP contribution in [0.3, 0.4) is 0 Å². The van der Waals surface area contributed by atoms with Crippen molar-refractivity contribution in [1.29, 1.82) is 0 Å². The molecule has 0 radical (unpaired) electrons. The molecule has 0 fully saturated rings. The predicted octanol–water partition coefficient (Wildman–Crippen LogP) is 2.65. The lowest BCUT2D eigenvalue weighted by Gasteiger charge is -2.12. The van der Waals surface area contributed by atoms with Gasteiger partial charge in [-0.05, 0) is 30.0 Å². The molecule has 1 aliphatic carbocycles.